The lowest BCUT2D eigenvalue weighted by molar-refractivity contribution is -0.138. The predicted octanol–water partition coefficient (Wildman–Crippen LogP) is 1.48. The van der Waals surface area contributed by atoms with E-state index in [4.69, 9.17) is 5.11 Å². The summed E-state index contributed by atoms with van der Waals surface area (Å²) in [6, 6.07) is 3.11. The molecule has 0 aliphatic rings. The molecule has 0 spiro atoms. The molecule has 0 saturated heterocycles. The van der Waals surface area contributed by atoms with E-state index in [0.29, 0.717) is 0 Å². The number of carbonyl (C=O) groups is 1. The molecule has 1 aromatic carbocycles. The zero-order chi connectivity index (χ0) is 11.4. The van der Waals surface area contributed by atoms with Crippen molar-refractivity contribution in [3.8, 4) is 0 Å². The van der Waals surface area contributed by atoms with Crippen molar-refractivity contribution < 1.29 is 18.7 Å². The smallest absolute Gasteiger partial charge is 0.317 e. The normalized spacial score (nSPS) is 10.7. The Morgan fingerprint density at radius 3 is 2.73 bits per heavy atom. The number of hydrogen-bond acceptors (Lipinski definition) is 2. The molecule has 3 nitrogen and oxygen atoms in total. The largest absolute Gasteiger partial charge is 0.480 e. The number of benzene rings is 1. The van der Waals surface area contributed by atoms with Crippen molar-refractivity contribution in [1.29, 1.82) is 0 Å². The van der Waals surface area contributed by atoms with Crippen LogP contribution in [0.4, 0.5) is 8.78 Å². The maximum Gasteiger partial charge on any atom is 0.317 e. The first-order valence-corrected chi connectivity index (χ1v) is 4.33. The van der Waals surface area contributed by atoms with Gasteiger partial charge in [-0.05, 0) is 25.2 Å². The Morgan fingerprint density at radius 2 is 2.13 bits per heavy atom. The quantitative estimate of drug-likeness (QED) is 0.827. The Hall–Kier alpha value is -1.49. The standard InChI is InChI=1S/C10H11F2NO2/c1-13(6-10(14)15)5-7-4-8(11)2-3-9(7)12/h2-4H,5-6H2,1H3,(H,14,15). The molecule has 5 heteroatoms. The summed E-state index contributed by atoms with van der Waals surface area (Å²) in [5.41, 5.74) is 0.152. The molecule has 0 saturated carbocycles. The minimum atomic E-state index is -1.01. The van der Waals surface area contributed by atoms with Crippen LogP contribution in [-0.2, 0) is 11.3 Å². The molecular weight excluding hydrogens is 204 g/mol. The Bertz CT molecular complexity index is 368. The first-order chi connectivity index (χ1) is 6.99. The second kappa shape index (κ2) is 4.84. The van der Waals surface area contributed by atoms with Crippen LogP contribution in [0.5, 0.6) is 0 Å². The molecule has 0 aromatic heterocycles. The maximum atomic E-state index is 13.1. The highest BCUT2D eigenvalue weighted by Crippen LogP contribution is 2.11. The van der Waals surface area contributed by atoms with Crippen LogP contribution in [0.3, 0.4) is 0 Å². The van der Waals surface area contributed by atoms with Crippen LogP contribution in [0.1, 0.15) is 5.56 Å². The SMILES string of the molecule is CN(CC(=O)O)Cc1cc(F)ccc1F. The summed E-state index contributed by atoms with van der Waals surface area (Å²) >= 11 is 0. The molecule has 0 amide bonds. The topological polar surface area (TPSA) is 40.5 Å². The average molecular weight is 215 g/mol. The Labute approximate surface area is 85.9 Å². The molecule has 0 aliphatic carbocycles. The first kappa shape index (κ1) is 11.6. The van der Waals surface area contributed by atoms with Gasteiger partial charge in [-0.15, -0.1) is 0 Å². The maximum absolute atomic E-state index is 13.1. The third-order valence-corrected chi connectivity index (χ3v) is 1.85. The molecule has 0 heterocycles. The van der Waals surface area contributed by atoms with Crippen molar-refractivity contribution in [2.75, 3.05) is 13.6 Å². The molecule has 0 bridgehead atoms. The lowest BCUT2D eigenvalue weighted by Gasteiger charge is -2.14. The second-order valence-electron chi connectivity index (χ2n) is 3.30. The summed E-state index contributed by atoms with van der Waals surface area (Å²) in [7, 11) is 1.53. The number of carboxylic acids is 1. The summed E-state index contributed by atoms with van der Waals surface area (Å²) in [6.45, 7) is -0.147. The van der Waals surface area contributed by atoms with E-state index in [9.17, 15) is 13.6 Å². The van der Waals surface area contributed by atoms with Gasteiger partial charge >= 0.3 is 5.97 Å². The van der Waals surface area contributed by atoms with Crippen LogP contribution in [0, 0.1) is 11.6 Å². The predicted molar refractivity (Wildman–Crippen MR) is 50.3 cm³/mol. The molecule has 1 rings (SSSR count). The number of hydrogen-bond donors (Lipinski definition) is 1. The van der Waals surface area contributed by atoms with Crippen molar-refractivity contribution in [3.63, 3.8) is 0 Å². The minimum absolute atomic E-state index is 0.0654. The van der Waals surface area contributed by atoms with Gasteiger partial charge in [0.1, 0.15) is 11.6 Å². The van der Waals surface area contributed by atoms with E-state index in [1.54, 1.807) is 0 Å². The van der Waals surface area contributed by atoms with Gasteiger partial charge in [-0.25, -0.2) is 8.78 Å². The molecule has 1 N–H and O–H groups in total. The molecule has 0 unspecified atom stereocenters. The van der Waals surface area contributed by atoms with Crippen molar-refractivity contribution >= 4 is 5.97 Å². The van der Waals surface area contributed by atoms with Gasteiger partial charge in [-0.3, -0.25) is 9.69 Å². The highest BCUT2D eigenvalue weighted by Gasteiger charge is 2.09. The van der Waals surface area contributed by atoms with E-state index in [0.717, 1.165) is 18.2 Å². The molecule has 1 aromatic rings. The van der Waals surface area contributed by atoms with E-state index < -0.39 is 17.6 Å². The Kier molecular flexibility index (Phi) is 3.74. The zero-order valence-corrected chi connectivity index (χ0v) is 8.20. The lowest BCUT2D eigenvalue weighted by atomic mass is 10.2. The number of nitrogens with zero attached hydrogens (tertiary/aromatic N) is 1. The molecule has 0 aliphatic heterocycles. The zero-order valence-electron chi connectivity index (χ0n) is 8.20. The number of carboxylic acid groups (broad SMARTS) is 1. The first-order valence-electron chi connectivity index (χ1n) is 4.33. The van der Waals surface area contributed by atoms with E-state index in [2.05, 4.69) is 0 Å². The fourth-order valence-electron chi connectivity index (χ4n) is 1.24. The second-order valence-corrected chi connectivity index (χ2v) is 3.30. The van der Waals surface area contributed by atoms with Gasteiger partial charge in [0.15, 0.2) is 0 Å². The lowest BCUT2D eigenvalue weighted by Crippen LogP contribution is -2.25. The van der Waals surface area contributed by atoms with Gasteiger partial charge in [0.05, 0.1) is 6.54 Å². The van der Waals surface area contributed by atoms with Crippen LogP contribution < -0.4 is 0 Å². The van der Waals surface area contributed by atoms with Crippen LogP contribution in [0.2, 0.25) is 0 Å². The molecule has 0 fully saturated rings. The fraction of sp³-hybridized carbons (Fsp3) is 0.300. The van der Waals surface area contributed by atoms with E-state index in [1.807, 2.05) is 0 Å². The Morgan fingerprint density at radius 1 is 1.47 bits per heavy atom. The van der Waals surface area contributed by atoms with E-state index >= 15 is 0 Å². The molecule has 0 atom stereocenters. The molecule has 82 valence electrons. The summed E-state index contributed by atoms with van der Waals surface area (Å²) in [4.78, 5) is 11.7. The van der Waals surface area contributed by atoms with Gasteiger partial charge < -0.3 is 5.11 Å². The van der Waals surface area contributed by atoms with Crippen molar-refractivity contribution in [1.82, 2.24) is 4.90 Å². The van der Waals surface area contributed by atoms with Gasteiger partial charge in [-0.1, -0.05) is 0 Å². The third kappa shape index (κ3) is 3.63. The highest BCUT2D eigenvalue weighted by molar-refractivity contribution is 5.69. The summed E-state index contributed by atoms with van der Waals surface area (Å²) in [6.07, 6.45) is 0. The van der Waals surface area contributed by atoms with Gasteiger partial charge in [0.25, 0.3) is 0 Å². The number of likely N-dealkylation sites (N-methyl/N-ethyl adjacent to an activating group) is 1. The third-order valence-electron chi connectivity index (χ3n) is 1.85. The van der Waals surface area contributed by atoms with Crippen molar-refractivity contribution in [3.05, 3.63) is 35.4 Å². The summed E-state index contributed by atoms with van der Waals surface area (Å²) < 4.78 is 25.9. The highest BCUT2D eigenvalue weighted by atomic mass is 19.1. The van der Waals surface area contributed by atoms with Crippen LogP contribution in [-0.4, -0.2) is 29.6 Å². The fourth-order valence-corrected chi connectivity index (χ4v) is 1.24. The molecular formula is C10H11F2NO2. The number of aliphatic carboxylic acids is 1. The average Bonchev–Trinajstić information content (AvgIpc) is 2.10. The monoisotopic (exact) mass is 215 g/mol. The van der Waals surface area contributed by atoms with Crippen LogP contribution in [0.25, 0.3) is 0 Å². The Balaban J connectivity index is 2.71. The van der Waals surface area contributed by atoms with E-state index in [1.165, 1.54) is 11.9 Å². The van der Waals surface area contributed by atoms with Crippen LogP contribution in [0.15, 0.2) is 18.2 Å². The number of rotatable bonds is 4. The van der Waals surface area contributed by atoms with E-state index in [-0.39, 0.29) is 18.7 Å². The van der Waals surface area contributed by atoms with Crippen LogP contribution >= 0.6 is 0 Å². The summed E-state index contributed by atoms with van der Waals surface area (Å²) in [5.74, 6) is -2.07. The minimum Gasteiger partial charge on any atom is -0.480 e. The molecule has 0 radical (unpaired) electrons. The van der Waals surface area contributed by atoms with Gasteiger partial charge in [-0.2, -0.15) is 0 Å². The van der Waals surface area contributed by atoms with Gasteiger partial charge in [0.2, 0.25) is 0 Å². The van der Waals surface area contributed by atoms with Crippen molar-refractivity contribution in [2.24, 2.45) is 0 Å². The number of halogens is 2. The van der Waals surface area contributed by atoms with Gasteiger partial charge in [0, 0.05) is 12.1 Å². The summed E-state index contributed by atoms with van der Waals surface area (Å²) in [5, 5.41) is 8.48. The van der Waals surface area contributed by atoms with Crippen molar-refractivity contribution in [2.45, 2.75) is 6.54 Å². The molecule has 15 heavy (non-hydrogen) atoms.